The molecule has 14 heavy (non-hydrogen) atoms. The van der Waals surface area contributed by atoms with Crippen LogP contribution in [0.3, 0.4) is 0 Å². The van der Waals surface area contributed by atoms with E-state index in [1.807, 2.05) is 0 Å². The van der Waals surface area contributed by atoms with Crippen LogP contribution in [0.5, 0.6) is 0 Å². The van der Waals surface area contributed by atoms with Gasteiger partial charge in [-0.1, -0.05) is 0 Å². The van der Waals surface area contributed by atoms with E-state index in [-0.39, 0.29) is 6.61 Å². The largest absolute Gasteiger partial charge is 0.505 e. The van der Waals surface area contributed by atoms with Gasteiger partial charge in [0.05, 0.1) is 6.61 Å². The van der Waals surface area contributed by atoms with E-state index in [0.717, 1.165) is 0 Å². The standard InChI is InChI=1S/C3HF5.C3H6O3/c4-1-2(5,6)3(1,7)8;1-2-6-3(4)5/h1H;2H2,1H3,(H,4,5). The lowest BCUT2D eigenvalue weighted by atomic mass is 10.8. The first-order chi connectivity index (χ1) is 6.17. The second-order valence-electron chi connectivity index (χ2n) is 2.31. The number of hydrogen-bond acceptors (Lipinski definition) is 2. The fourth-order valence-electron chi connectivity index (χ4n) is 0.429. The molecule has 0 aromatic carbocycles. The Labute approximate surface area is 75.5 Å². The van der Waals surface area contributed by atoms with Gasteiger partial charge in [0, 0.05) is 0 Å². The van der Waals surface area contributed by atoms with Gasteiger partial charge in [-0.2, -0.15) is 17.6 Å². The van der Waals surface area contributed by atoms with E-state index in [2.05, 4.69) is 4.74 Å². The van der Waals surface area contributed by atoms with Crippen LogP contribution in [0, 0.1) is 0 Å². The van der Waals surface area contributed by atoms with Crippen LogP contribution in [0.1, 0.15) is 6.92 Å². The molecule has 0 amide bonds. The van der Waals surface area contributed by atoms with Crippen molar-refractivity contribution >= 4 is 6.16 Å². The van der Waals surface area contributed by atoms with Gasteiger partial charge in [-0.3, -0.25) is 0 Å². The van der Waals surface area contributed by atoms with Gasteiger partial charge in [-0.15, -0.1) is 0 Å². The van der Waals surface area contributed by atoms with Crippen molar-refractivity contribution in [3.05, 3.63) is 0 Å². The Balaban J connectivity index is 0.000000255. The normalized spacial score (nSPS) is 21.9. The monoisotopic (exact) mass is 222 g/mol. The maximum absolute atomic E-state index is 11.2. The number of alkyl halides is 5. The minimum atomic E-state index is -4.40. The van der Waals surface area contributed by atoms with E-state index in [0.29, 0.717) is 0 Å². The number of ether oxygens (including phenoxy) is 1. The van der Waals surface area contributed by atoms with Crippen molar-refractivity contribution in [3.8, 4) is 0 Å². The van der Waals surface area contributed by atoms with E-state index in [1.165, 1.54) is 0 Å². The molecule has 0 aliphatic heterocycles. The van der Waals surface area contributed by atoms with Gasteiger partial charge in [-0.05, 0) is 6.92 Å². The third-order valence-electron chi connectivity index (χ3n) is 1.27. The molecule has 84 valence electrons. The van der Waals surface area contributed by atoms with Crippen molar-refractivity contribution in [1.29, 1.82) is 0 Å². The molecule has 1 fully saturated rings. The van der Waals surface area contributed by atoms with Crippen molar-refractivity contribution in [2.45, 2.75) is 24.9 Å². The van der Waals surface area contributed by atoms with Gasteiger partial charge in [0.2, 0.25) is 6.17 Å². The van der Waals surface area contributed by atoms with Crippen molar-refractivity contribution in [3.63, 3.8) is 0 Å². The van der Waals surface area contributed by atoms with Crippen LogP contribution in [0.2, 0.25) is 0 Å². The quantitative estimate of drug-likeness (QED) is 0.547. The van der Waals surface area contributed by atoms with Crippen LogP contribution < -0.4 is 0 Å². The zero-order valence-electron chi connectivity index (χ0n) is 6.94. The number of rotatable bonds is 1. The summed E-state index contributed by atoms with van der Waals surface area (Å²) >= 11 is 0. The molecule has 1 N–H and O–H groups in total. The third-order valence-corrected chi connectivity index (χ3v) is 1.27. The number of carboxylic acid groups (broad SMARTS) is 1. The highest BCUT2D eigenvalue weighted by molar-refractivity contribution is 5.56. The number of halogens is 5. The molecule has 3 nitrogen and oxygen atoms in total. The highest BCUT2D eigenvalue weighted by Gasteiger charge is 2.87. The molecule has 8 heteroatoms. The molecule has 0 aromatic heterocycles. The molecule has 0 radical (unpaired) electrons. The molecule has 0 unspecified atom stereocenters. The van der Waals surface area contributed by atoms with Gasteiger partial charge >= 0.3 is 18.0 Å². The van der Waals surface area contributed by atoms with E-state index < -0.39 is 24.2 Å². The predicted molar refractivity (Wildman–Crippen MR) is 34.4 cm³/mol. The Morgan fingerprint density at radius 2 is 1.64 bits per heavy atom. The molecule has 1 saturated carbocycles. The molecular formula is C6H7F5O3. The first-order valence-electron chi connectivity index (χ1n) is 3.43. The van der Waals surface area contributed by atoms with Crippen LogP contribution >= 0.6 is 0 Å². The summed E-state index contributed by atoms with van der Waals surface area (Å²) < 4.78 is 59.8. The van der Waals surface area contributed by atoms with Crippen molar-refractivity contribution in [2.75, 3.05) is 6.61 Å². The Kier molecular flexibility index (Phi) is 3.66. The average molecular weight is 222 g/mol. The maximum Gasteiger partial charge on any atom is 0.505 e. The summed E-state index contributed by atoms with van der Waals surface area (Å²) in [7, 11) is 0. The SMILES string of the molecule is CCOC(=O)O.FC1C(F)(F)C1(F)F. The smallest absolute Gasteiger partial charge is 0.450 e. The van der Waals surface area contributed by atoms with E-state index in [9.17, 15) is 26.7 Å². The van der Waals surface area contributed by atoms with Crippen molar-refractivity contribution in [1.82, 2.24) is 0 Å². The Morgan fingerprint density at radius 1 is 1.36 bits per heavy atom. The highest BCUT2D eigenvalue weighted by atomic mass is 19.3. The predicted octanol–water partition coefficient (Wildman–Crippen LogP) is 2.31. The minimum absolute atomic E-state index is 0.231. The molecule has 0 saturated heterocycles. The van der Waals surface area contributed by atoms with Crippen LogP contribution in [-0.4, -0.2) is 35.9 Å². The zero-order chi connectivity index (χ0) is 11.6. The summed E-state index contributed by atoms with van der Waals surface area (Å²) in [5, 5.41) is 7.69. The Bertz CT molecular complexity index is 204. The summed E-state index contributed by atoms with van der Waals surface area (Å²) in [6.45, 7) is 1.85. The lowest BCUT2D eigenvalue weighted by Gasteiger charge is -1.87. The topological polar surface area (TPSA) is 46.5 Å². The summed E-state index contributed by atoms with van der Waals surface area (Å²) in [6, 6.07) is 0. The molecule has 0 aromatic rings. The highest BCUT2D eigenvalue weighted by Crippen LogP contribution is 2.58. The van der Waals surface area contributed by atoms with Gasteiger partial charge in [0.15, 0.2) is 0 Å². The first kappa shape index (κ1) is 12.9. The van der Waals surface area contributed by atoms with Crippen LogP contribution in [0.15, 0.2) is 0 Å². The molecule has 0 heterocycles. The zero-order valence-corrected chi connectivity index (χ0v) is 6.94. The summed E-state index contributed by atoms with van der Waals surface area (Å²) in [4.78, 5) is 9.38. The summed E-state index contributed by atoms with van der Waals surface area (Å²) in [6.07, 6.45) is -4.47. The molecule has 1 aliphatic carbocycles. The van der Waals surface area contributed by atoms with Gasteiger partial charge < -0.3 is 9.84 Å². The van der Waals surface area contributed by atoms with Crippen molar-refractivity contribution < 1.29 is 36.6 Å². The fraction of sp³-hybridized carbons (Fsp3) is 0.833. The average Bonchev–Trinajstić information content (AvgIpc) is 2.34. The molecule has 1 aliphatic rings. The minimum Gasteiger partial charge on any atom is -0.450 e. The van der Waals surface area contributed by atoms with E-state index in [1.54, 1.807) is 6.92 Å². The van der Waals surface area contributed by atoms with Crippen LogP contribution in [0.25, 0.3) is 0 Å². The number of hydrogen-bond donors (Lipinski definition) is 1. The van der Waals surface area contributed by atoms with Crippen LogP contribution in [-0.2, 0) is 4.74 Å². The lowest BCUT2D eigenvalue weighted by Crippen LogP contribution is -2.02. The van der Waals surface area contributed by atoms with Crippen LogP contribution in [0.4, 0.5) is 26.7 Å². The summed E-state index contributed by atoms with van der Waals surface area (Å²) in [5.41, 5.74) is 0. The second kappa shape index (κ2) is 3.97. The third kappa shape index (κ3) is 2.46. The fourth-order valence-corrected chi connectivity index (χ4v) is 0.429. The Morgan fingerprint density at radius 3 is 1.64 bits per heavy atom. The second-order valence-corrected chi connectivity index (χ2v) is 2.31. The first-order valence-corrected chi connectivity index (χ1v) is 3.43. The van der Waals surface area contributed by atoms with E-state index in [4.69, 9.17) is 5.11 Å². The van der Waals surface area contributed by atoms with E-state index >= 15 is 0 Å². The van der Waals surface area contributed by atoms with Gasteiger partial charge in [0.25, 0.3) is 0 Å². The maximum atomic E-state index is 11.2. The molecule has 0 spiro atoms. The molecule has 0 bridgehead atoms. The van der Waals surface area contributed by atoms with Gasteiger partial charge in [-0.25, -0.2) is 9.18 Å². The molecular weight excluding hydrogens is 215 g/mol. The van der Waals surface area contributed by atoms with Crippen molar-refractivity contribution in [2.24, 2.45) is 0 Å². The molecule has 0 atom stereocenters. The summed E-state index contributed by atoms with van der Waals surface area (Å²) in [5.74, 6) is -8.79. The Hall–Kier alpha value is -1.08. The lowest BCUT2D eigenvalue weighted by molar-refractivity contribution is -0.0278. The molecule has 1 rings (SSSR count). The number of carbonyl (C=O) groups is 1. The van der Waals surface area contributed by atoms with Gasteiger partial charge in [0.1, 0.15) is 0 Å².